The van der Waals surface area contributed by atoms with E-state index in [0.29, 0.717) is 17.7 Å². The highest BCUT2D eigenvalue weighted by molar-refractivity contribution is 5.99. The third kappa shape index (κ3) is 5.26. The molecule has 1 aliphatic rings. The minimum absolute atomic E-state index is 0.0739. The number of ether oxygens (including phenoxy) is 1. The molecule has 4 N–H and O–H groups in total. The molecule has 2 aromatic carbocycles. The Morgan fingerprint density at radius 2 is 1.91 bits per heavy atom. The minimum Gasteiger partial charge on any atom is -0.478 e. The largest absolute Gasteiger partial charge is 0.478 e. The molecular formula is C27H29N3O4. The van der Waals surface area contributed by atoms with Gasteiger partial charge < -0.3 is 20.9 Å². The maximum atomic E-state index is 13.1. The summed E-state index contributed by atoms with van der Waals surface area (Å²) in [6.45, 7) is 4.67. The average Bonchev–Trinajstić information content (AvgIpc) is 3.27. The molecule has 7 heteroatoms. The van der Waals surface area contributed by atoms with Crippen LogP contribution in [0.2, 0.25) is 0 Å². The standard InChI is InChI=1S/C27H29N3O4/c1-16-9-10-18(11-17(16)2)15-34-24-8-4-7-23(24)30-26(31)22-13-21(14-29-25(22)28)19-5-3-6-20(12-19)27(32)33/h3,5-6,9-14,23-24H,4,7-8,15H2,1-2H3,(H2,28,29)(H,30,31)(H,32,33)/t23-,24-/m0/s1. The van der Waals surface area contributed by atoms with E-state index in [1.54, 1.807) is 24.3 Å². The highest BCUT2D eigenvalue weighted by Crippen LogP contribution is 2.26. The number of aryl methyl sites for hydroxylation is 2. The fourth-order valence-electron chi connectivity index (χ4n) is 4.28. The molecule has 3 aromatic rings. The quantitative estimate of drug-likeness (QED) is 0.479. The minimum atomic E-state index is -1.02. The third-order valence-corrected chi connectivity index (χ3v) is 6.41. The summed E-state index contributed by atoms with van der Waals surface area (Å²) >= 11 is 0. The first-order chi connectivity index (χ1) is 16.3. The zero-order valence-corrected chi connectivity index (χ0v) is 19.4. The highest BCUT2D eigenvalue weighted by Gasteiger charge is 2.30. The second-order valence-corrected chi connectivity index (χ2v) is 8.82. The third-order valence-electron chi connectivity index (χ3n) is 6.41. The van der Waals surface area contributed by atoms with Gasteiger partial charge in [-0.15, -0.1) is 0 Å². The summed E-state index contributed by atoms with van der Waals surface area (Å²) in [5.74, 6) is -1.20. The van der Waals surface area contributed by atoms with Crippen LogP contribution in [0, 0.1) is 13.8 Å². The smallest absolute Gasteiger partial charge is 0.335 e. The molecule has 0 unspecified atom stereocenters. The molecule has 0 aliphatic heterocycles. The molecule has 1 saturated carbocycles. The highest BCUT2D eigenvalue weighted by atomic mass is 16.5. The molecule has 0 saturated heterocycles. The van der Waals surface area contributed by atoms with Gasteiger partial charge in [0.25, 0.3) is 5.91 Å². The topological polar surface area (TPSA) is 115 Å². The number of aromatic carboxylic acids is 1. The van der Waals surface area contributed by atoms with Gasteiger partial charge >= 0.3 is 5.97 Å². The van der Waals surface area contributed by atoms with Crippen molar-refractivity contribution in [3.8, 4) is 11.1 Å². The van der Waals surface area contributed by atoms with Gasteiger partial charge in [-0.1, -0.05) is 30.3 Å². The van der Waals surface area contributed by atoms with Crippen LogP contribution >= 0.6 is 0 Å². The van der Waals surface area contributed by atoms with Crippen LogP contribution in [0.1, 0.15) is 56.7 Å². The number of nitrogens with zero attached hydrogens (tertiary/aromatic N) is 1. The molecule has 1 amide bonds. The summed E-state index contributed by atoms with van der Waals surface area (Å²) in [5, 5.41) is 12.3. The van der Waals surface area contributed by atoms with Crippen LogP contribution < -0.4 is 11.1 Å². The van der Waals surface area contributed by atoms with E-state index in [-0.39, 0.29) is 35.0 Å². The van der Waals surface area contributed by atoms with Crippen LogP contribution in [-0.4, -0.2) is 34.1 Å². The molecule has 1 aromatic heterocycles. The molecule has 1 fully saturated rings. The van der Waals surface area contributed by atoms with Gasteiger partial charge in [0.1, 0.15) is 5.82 Å². The number of hydrogen-bond donors (Lipinski definition) is 3. The van der Waals surface area contributed by atoms with Crippen molar-refractivity contribution in [1.82, 2.24) is 10.3 Å². The van der Waals surface area contributed by atoms with Gasteiger partial charge in [0.2, 0.25) is 0 Å². The summed E-state index contributed by atoms with van der Waals surface area (Å²) in [7, 11) is 0. The van der Waals surface area contributed by atoms with Crippen molar-refractivity contribution < 1.29 is 19.4 Å². The second-order valence-electron chi connectivity index (χ2n) is 8.82. The molecule has 0 spiro atoms. The van der Waals surface area contributed by atoms with E-state index in [1.807, 2.05) is 0 Å². The first kappa shape index (κ1) is 23.4. The van der Waals surface area contributed by atoms with Gasteiger partial charge in [-0.2, -0.15) is 0 Å². The number of carboxylic acid groups (broad SMARTS) is 1. The van der Waals surface area contributed by atoms with Crippen molar-refractivity contribution in [1.29, 1.82) is 0 Å². The van der Waals surface area contributed by atoms with Gasteiger partial charge in [-0.25, -0.2) is 9.78 Å². The number of hydrogen-bond acceptors (Lipinski definition) is 5. The molecule has 1 heterocycles. The van der Waals surface area contributed by atoms with Crippen molar-refractivity contribution in [2.45, 2.75) is 51.9 Å². The van der Waals surface area contributed by atoms with Crippen LogP contribution in [0.25, 0.3) is 11.1 Å². The monoisotopic (exact) mass is 459 g/mol. The predicted molar refractivity (Wildman–Crippen MR) is 131 cm³/mol. The number of benzene rings is 2. The molecule has 7 nitrogen and oxygen atoms in total. The summed E-state index contributed by atoms with van der Waals surface area (Å²) in [6.07, 6.45) is 4.15. The Morgan fingerprint density at radius 3 is 2.68 bits per heavy atom. The van der Waals surface area contributed by atoms with Gasteiger partial charge in [0, 0.05) is 11.8 Å². The van der Waals surface area contributed by atoms with Crippen LogP contribution in [0.5, 0.6) is 0 Å². The van der Waals surface area contributed by atoms with E-state index >= 15 is 0 Å². The van der Waals surface area contributed by atoms with Gasteiger partial charge in [-0.3, -0.25) is 4.79 Å². The number of rotatable bonds is 7. The molecule has 0 bridgehead atoms. The van der Waals surface area contributed by atoms with E-state index in [0.717, 1.165) is 24.8 Å². The number of nitrogen functional groups attached to an aromatic ring is 1. The predicted octanol–water partition coefficient (Wildman–Crippen LogP) is 4.51. The Balaban J connectivity index is 1.46. The lowest BCUT2D eigenvalue weighted by Gasteiger charge is -2.22. The lowest BCUT2D eigenvalue weighted by Crippen LogP contribution is -2.41. The lowest BCUT2D eigenvalue weighted by atomic mass is 10.0. The molecule has 4 rings (SSSR count). The van der Waals surface area contributed by atoms with Crippen molar-refractivity contribution in [3.63, 3.8) is 0 Å². The van der Waals surface area contributed by atoms with Crippen molar-refractivity contribution in [2.24, 2.45) is 0 Å². The summed E-state index contributed by atoms with van der Waals surface area (Å²) in [6, 6.07) is 14.3. The summed E-state index contributed by atoms with van der Waals surface area (Å²) in [4.78, 5) is 28.6. The number of carbonyl (C=O) groups is 2. The Hall–Kier alpha value is -3.71. The van der Waals surface area contributed by atoms with E-state index in [2.05, 4.69) is 42.3 Å². The molecule has 176 valence electrons. The summed E-state index contributed by atoms with van der Waals surface area (Å²) < 4.78 is 6.17. The SMILES string of the molecule is Cc1ccc(CO[C@H]2CCC[C@@H]2NC(=O)c2cc(-c3cccc(C(=O)O)c3)cnc2N)cc1C. The van der Waals surface area contributed by atoms with Crippen molar-refractivity contribution >= 4 is 17.7 Å². The number of anilines is 1. The zero-order chi connectivity index (χ0) is 24.2. The molecular weight excluding hydrogens is 430 g/mol. The first-order valence-electron chi connectivity index (χ1n) is 11.4. The van der Waals surface area contributed by atoms with E-state index < -0.39 is 5.97 Å². The van der Waals surface area contributed by atoms with Crippen LogP contribution in [0.3, 0.4) is 0 Å². The number of carbonyl (C=O) groups excluding carboxylic acids is 1. The Morgan fingerprint density at radius 1 is 1.09 bits per heavy atom. The number of nitrogens with one attached hydrogen (secondary N) is 1. The van der Waals surface area contributed by atoms with E-state index in [1.165, 1.54) is 23.4 Å². The number of pyridine rings is 1. The van der Waals surface area contributed by atoms with Crippen molar-refractivity contribution in [2.75, 3.05) is 5.73 Å². The lowest BCUT2D eigenvalue weighted by molar-refractivity contribution is 0.0272. The first-order valence-corrected chi connectivity index (χ1v) is 11.4. The van der Waals surface area contributed by atoms with E-state index in [9.17, 15) is 14.7 Å². The zero-order valence-electron chi connectivity index (χ0n) is 19.4. The normalized spacial score (nSPS) is 17.5. The molecule has 34 heavy (non-hydrogen) atoms. The summed E-state index contributed by atoms with van der Waals surface area (Å²) in [5.41, 5.74) is 11.3. The van der Waals surface area contributed by atoms with Gasteiger partial charge in [-0.05, 0) is 73.6 Å². The molecule has 2 atom stereocenters. The number of carboxylic acids is 1. The van der Waals surface area contributed by atoms with Crippen LogP contribution in [0.15, 0.2) is 54.7 Å². The fraction of sp³-hybridized carbons (Fsp3) is 0.296. The van der Waals surface area contributed by atoms with E-state index in [4.69, 9.17) is 10.5 Å². The van der Waals surface area contributed by atoms with Gasteiger partial charge in [0.15, 0.2) is 0 Å². The maximum Gasteiger partial charge on any atom is 0.335 e. The number of amides is 1. The van der Waals surface area contributed by atoms with Gasteiger partial charge in [0.05, 0.1) is 29.9 Å². The maximum absolute atomic E-state index is 13.1. The Labute approximate surface area is 199 Å². The number of aromatic nitrogens is 1. The Bertz CT molecular complexity index is 1220. The fourth-order valence-corrected chi connectivity index (χ4v) is 4.28. The number of nitrogens with two attached hydrogens (primary N) is 1. The van der Waals surface area contributed by atoms with Crippen LogP contribution in [0.4, 0.5) is 5.82 Å². The van der Waals surface area contributed by atoms with Crippen LogP contribution in [-0.2, 0) is 11.3 Å². The molecule has 1 aliphatic carbocycles. The van der Waals surface area contributed by atoms with Crippen molar-refractivity contribution in [3.05, 3.63) is 82.5 Å². The second kappa shape index (κ2) is 10.1. The average molecular weight is 460 g/mol. The Kier molecular flexibility index (Phi) is 6.93. The molecule has 0 radical (unpaired) electrons.